The minimum atomic E-state index is -3.11. The summed E-state index contributed by atoms with van der Waals surface area (Å²) in [5, 5.41) is 8.60. The van der Waals surface area contributed by atoms with Gasteiger partial charge >= 0.3 is 0 Å². The van der Waals surface area contributed by atoms with E-state index < -0.39 is 21.2 Å². The third-order valence-corrected chi connectivity index (χ3v) is 4.63. The molecule has 1 aliphatic rings. The van der Waals surface area contributed by atoms with Gasteiger partial charge in [-0.3, -0.25) is 4.79 Å². The minimum absolute atomic E-state index is 0.0849. The zero-order valence-electron chi connectivity index (χ0n) is 6.56. The van der Waals surface area contributed by atoms with Crippen LogP contribution in [0.15, 0.2) is 0 Å². The van der Waals surface area contributed by atoms with Crippen LogP contribution in [-0.4, -0.2) is 41.5 Å². The number of aliphatic hydroxyl groups excluding tert-OH is 1. The van der Waals surface area contributed by atoms with E-state index in [1.807, 2.05) is 0 Å². The normalized spacial score (nSPS) is 33.5. The van der Waals surface area contributed by atoms with E-state index in [0.29, 0.717) is 0 Å². The van der Waals surface area contributed by atoms with Gasteiger partial charge < -0.3 is 5.11 Å². The molecule has 1 saturated heterocycles. The molecule has 0 amide bonds. The maximum atomic E-state index is 10.9. The molecular weight excluding hydrogens is 200 g/mol. The van der Waals surface area contributed by atoms with Crippen LogP contribution in [0.4, 0.5) is 0 Å². The van der Waals surface area contributed by atoms with Gasteiger partial charge in [0.2, 0.25) is 0 Å². The number of carbonyl (C=O) groups is 1. The van der Waals surface area contributed by atoms with Gasteiger partial charge in [-0.05, 0) is 0 Å². The van der Waals surface area contributed by atoms with Crippen LogP contribution in [0.2, 0.25) is 0 Å². The standard InChI is InChI=1S/C6H10O4S2/c1-4(7)11-6-3-12(9,10)2-5(6)8/h5-6,8H,2-3H2,1H3/t5-,6-/m1/s1. The predicted molar refractivity (Wildman–Crippen MR) is 46.7 cm³/mol. The van der Waals surface area contributed by atoms with E-state index >= 15 is 0 Å². The van der Waals surface area contributed by atoms with E-state index in [9.17, 15) is 18.3 Å². The molecule has 0 saturated carbocycles. The summed E-state index contributed by atoms with van der Waals surface area (Å²) in [5.74, 6) is -0.295. The first-order valence-corrected chi connectivity index (χ1v) is 6.16. The lowest BCUT2D eigenvalue weighted by atomic mass is 10.3. The summed E-state index contributed by atoms with van der Waals surface area (Å²) in [6.07, 6.45) is -0.885. The molecule has 1 fully saturated rings. The van der Waals surface area contributed by atoms with Crippen LogP contribution in [0, 0.1) is 0 Å². The van der Waals surface area contributed by atoms with Gasteiger partial charge in [-0.2, -0.15) is 0 Å². The predicted octanol–water partition coefficient (Wildman–Crippen LogP) is -0.576. The monoisotopic (exact) mass is 210 g/mol. The maximum Gasteiger partial charge on any atom is 0.186 e. The Hall–Kier alpha value is -0.0700. The summed E-state index contributed by atoms with van der Waals surface area (Å²) in [5.41, 5.74) is 0. The van der Waals surface area contributed by atoms with Gasteiger partial charge in [-0.1, -0.05) is 11.8 Å². The molecule has 12 heavy (non-hydrogen) atoms. The third kappa shape index (κ3) is 2.46. The van der Waals surface area contributed by atoms with E-state index in [-0.39, 0.29) is 16.6 Å². The van der Waals surface area contributed by atoms with Gasteiger partial charge in [-0.15, -0.1) is 0 Å². The summed E-state index contributed by atoms with van der Waals surface area (Å²) in [7, 11) is -3.11. The molecule has 0 bridgehead atoms. The zero-order chi connectivity index (χ0) is 9.35. The second-order valence-electron chi connectivity index (χ2n) is 2.79. The van der Waals surface area contributed by atoms with Crippen molar-refractivity contribution in [3.63, 3.8) is 0 Å². The Morgan fingerprint density at radius 1 is 1.50 bits per heavy atom. The van der Waals surface area contributed by atoms with Gasteiger partial charge in [0.1, 0.15) is 0 Å². The van der Waals surface area contributed by atoms with Crippen LogP contribution >= 0.6 is 11.8 Å². The van der Waals surface area contributed by atoms with Crippen molar-refractivity contribution < 1.29 is 18.3 Å². The van der Waals surface area contributed by atoms with Crippen LogP contribution in [0.3, 0.4) is 0 Å². The highest BCUT2D eigenvalue weighted by molar-refractivity contribution is 8.14. The van der Waals surface area contributed by atoms with Crippen LogP contribution < -0.4 is 0 Å². The van der Waals surface area contributed by atoms with Crippen molar-refractivity contribution in [1.29, 1.82) is 0 Å². The van der Waals surface area contributed by atoms with E-state index in [1.165, 1.54) is 6.92 Å². The number of carbonyl (C=O) groups excluding carboxylic acids is 1. The molecule has 0 aliphatic carbocycles. The molecule has 0 unspecified atom stereocenters. The lowest BCUT2D eigenvalue weighted by molar-refractivity contribution is -0.109. The lowest BCUT2D eigenvalue weighted by Gasteiger charge is -2.08. The third-order valence-electron chi connectivity index (χ3n) is 1.59. The first-order valence-electron chi connectivity index (χ1n) is 3.46. The van der Waals surface area contributed by atoms with Crippen LogP contribution in [0.25, 0.3) is 0 Å². The van der Waals surface area contributed by atoms with Crippen LogP contribution in [0.5, 0.6) is 0 Å². The largest absolute Gasteiger partial charge is 0.391 e. The summed E-state index contributed by atoms with van der Waals surface area (Å²) >= 11 is 0.904. The van der Waals surface area contributed by atoms with Gasteiger partial charge in [0.05, 0.1) is 22.9 Å². The van der Waals surface area contributed by atoms with Crippen molar-refractivity contribution in [2.24, 2.45) is 0 Å². The molecule has 2 atom stereocenters. The average molecular weight is 210 g/mol. The number of rotatable bonds is 1. The Morgan fingerprint density at radius 3 is 2.42 bits per heavy atom. The number of sulfone groups is 1. The highest BCUT2D eigenvalue weighted by Gasteiger charge is 2.37. The molecule has 0 aromatic carbocycles. The summed E-state index contributed by atoms with van der Waals surface area (Å²) in [6, 6.07) is 0. The van der Waals surface area contributed by atoms with E-state index in [0.717, 1.165) is 11.8 Å². The van der Waals surface area contributed by atoms with Gasteiger partial charge in [0.15, 0.2) is 15.0 Å². The number of hydrogen-bond acceptors (Lipinski definition) is 5. The zero-order valence-corrected chi connectivity index (χ0v) is 8.19. The topological polar surface area (TPSA) is 71.4 Å². The van der Waals surface area contributed by atoms with Crippen molar-refractivity contribution in [3.05, 3.63) is 0 Å². The Kier molecular flexibility index (Phi) is 2.80. The molecule has 6 heteroatoms. The number of thioether (sulfide) groups is 1. The lowest BCUT2D eigenvalue weighted by Crippen LogP contribution is -2.21. The molecule has 70 valence electrons. The minimum Gasteiger partial charge on any atom is -0.391 e. The molecular formula is C6H10O4S2. The second kappa shape index (κ2) is 3.35. The van der Waals surface area contributed by atoms with Gasteiger partial charge in [-0.25, -0.2) is 8.42 Å². The van der Waals surface area contributed by atoms with E-state index in [2.05, 4.69) is 0 Å². The molecule has 0 radical (unpaired) electrons. The Labute approximate surface area is 75.3 Å². The summed E-state index contributed by atoms with van der Waals surface area (Å²) < 4.78 is 21.9. The fraction of sp³-hybridized carbons (Fsp3) is 0.833. The summed E-state index contributed by atoms with van der Waals surface area (Å²) in [6.45, 7) is 1.36. The van der Waals surface area contributed by atoms with Gasteiger partial charge in [0.25, 0.3) is 0 Å². The number of aliphatic hydroxyl groups is 1. The Balaban J connectivity index is 2.64. The average Bonchev–Trinajstić information content (AvgIpc) is 2.03. The Morgan fingerprint density at radius 2 is 2.08 bits per heavy atom. The summed E-state index contributed by atoms with van der Waals surface area (Å²) in [4.78, 5) is 10.6. The van der Waals surface area contributed by atoms with Crippen LogP contribution in [0.1, 0.15) is 6.92 Å². The molecule has 0 spiro atoms. The molecule has 4 nitrogen and oxygen atoms in total. The smallest absolute Gasteiger partial charge is 0.186 e. The molecule has 1 aliphatic heterocycles. The molecule has 1 N–H and O–H groups in total. The fourth-order valence-electron chi connectivity index (χ4n) is 1.12. The first kappa shape index (κ1) is 10.0. The quantitative estimate of drug-likeness (QED) is 0.627. The molecule has 1 rings (SSSR count). The second-order valence-corrected chi connectivity index (χ2v) is 6.36. The van der Waals surface area contributed by atoms with E-state index in [1.54, 1.807) is 0 Å². The van der Waals surface area contributed by atoms with Gasteiger partial charge in [0, 0.05) is 6.92 Å². The number of hydrogen-bond donors (Lipinski definition) is 1. The molecule has 1 heterocycles. The van der Waals surface area contributed by atoms with Crippen molar-refractivity contribution >= 4 is 26.7 Å². The molecule has 0 aromatic heterocycles. The SMILES string of the molecule is CC(=O)S[C@@H]1CS(=O)(=O)C[C@H]1O. The highest BCUT2D eigenvalue weighted by atomic mass is 32.2. The van der Waals surface area contributed by atoms with Crippen molar-refractivity contribution in [3.8, 4) is 0 Å². The van der Waals surface area contributed by atoms with Crippen molar-refractivity contribution in [2.75, 3.05) is 11.5 Å². The van der Waals surface area contributed by atoms with Crippen molar-refractivity contribution in [1.82, 2.24) is 0 Å². The fourth-order valence-corrected chi connectivity index (χ4v) is 4.43. The first-order chi connectivity index (χ1) is 5.41. The highest BCUT2D eigenvalue weighted by Crippen LogP contribution is 2.24. The van der Waals surface area contributed by atoms with Crippen molar-refractivity contribution in [2.45, 2.75) is 18.3 Å². The van der Waals surface area contributed by atoms with Crippen LogP contribution in [-0.2, 0) is 14.6 Å². The maximum absolute atomic E-state index is 10.9. The molecule has 0 aromatic rings. The van der Waals surface area contributed by atoms with E-state index in [4.69, 9.17) is 0 Å². The Bertz CT molecular complexity index is 282.